The lowest BCUT2D eigenvalue weighted by Crippen LogP contribution is -2.51. The monoisotopic (exact) mass is 528 g/mol. The Morgan fingerprint density at radius 1 is 1.13 bits per heavy atom. The first-order valence-electron chi connectivity index (χ1n) is 12.5. The number of imidazole rings is 1. The van der Waals surface area contributed by atoms with Gasteiger partial charge in [-0.25, -0.2) is 9.78 Å². The number of halogens is 3. The zero-order chi connectivity index (χ0) is 27.6. The molecule has 38 heavy (non-hydrogen) atoms. The van der Waals surface area contributed by atoms with Crippen molar-refractivity contribution in [1.82, 2.24) is 20.2 Å². The Labute approximate surface area is 219 Å². The summed E-state index contributed by atoms with van der Waals surface area (Å²) in [5, 5.41) is 2.63. The normalized spacial score (nSPS) is 16.5. The number of aromatic amines is 1. The van der Waals surface area contributed by atoms with Gasteiger partial charge in [0.05, 0.1) is 30.6 Å². The Balaban J connectivity index is 1.56. The molecule has 4 rings (SSSR count). The maximum absolute atomic E-state index is 13.6. The molecule has 1 aromatic heterocycles. The van der Waals surface area contributed by atoms with Crippen LogP contribution in [-0.2, 0) is 15.7 Å². The summed E-state index contributed by atoms with van der Waals surface area (Å²) in [6, 6.07) is 9.93. The maximum atomic E-state index is 13.6. The number of alkyl halides is 3. The van der Waals surface area contributed by atoms with Gasteiger partial charge in [0.2, 0.25) is 5.91 Å². The van der Waals surface area contributed by atoms with Gasteiger partial charge in [0, 0.05) is 6.54 Å². The predicted molar refractivity (Wildman–Crippen MR) is 137 cm³/mol. The lowest BCUT2D eigenvalue weighted by molar-refractivity contribution is -0.137. The highest BCUT2D eigenvalue weighted by Crippen LogP contribution is 2.38. The van der Waals surface area contributed by atoms with Gasteiger partial charge >= 0.3 is 12.3 Å². The molecule has 2 atom stereocenters. The summed E-state index contributed by atoms with van der Waals surface area (Å²) in [7, 11) is 1.25. The van der Waals surface area contributed by atoms with Gasteiger partial charge in [-0.15, -0.1) is 0 Å². The van der Waals surface area contributed by atoms with Gasteiger partial charge in [-0.1, -0.05) is 55.8 Å². The second kappa shape index (κ2) is 10.9. The standard InChI is InChI=1S/C28H31F3N4O3/c1-16(2)24(34-27(37)38-4)26(36)35-13-5-6-23(35)25-32-15-22(33-25)19-10-8-18(9-11-19)20-14-17(3)7-12-21(20)28(29,30)31/h7-12,14-16,23-24H,5-6,13H2,1-4H3,(H,32,33)(H,34,37). The van der Waals surface area contributed by atoms with Crippen LogP contribution in [0.15, 0.2) is 48.7 Å². The van der Waals surface area contributed by atoms with E-state index in [0.717, 1.165) is 23.6 Å². The predicted octanol–water partition coefficient (Wildman–Crippen LogP) is 6.12. The molecule has 1 aliphatic rings. The first kappa shape index (κ1) is 27.2. The van der Waals surface area contributed by atoms with Crippen molar-refractivity contribution in [2.75, 3.05) is 13.7 Å². The van der Waals surface area contributed by atoms with Crippen LogP contribution in [0.1, 0.15) is 49.7 Å². The van der Waals surface area contributed by atoms with Crippen molar-refractivity contribution in [3.8, 4) is 22.4 Å². The first-order valence-corrected chi connectivity index (χ1v) is 12.5. The molecule has 0 aliphatic carbocycles. The van der Waals surface area contributed by atoms with Crippen molar-refractivity contribution < 1.29 is 27.5 Å². The molecule has 1 saturated heterocycles. The largest absolute Gasteiger partial charge is 0.453 e. The number of H-pyrrole nitrogens is 1. The second-order valence-electron chi connectivity index (χ2n) is 9.85. The lowest BCUT2D eigenvalue weighted by Gasteiger charge is -2.30. The molecule has 2 N–H and O–H groups in total. The van der Waals surface area contributed by atoms with E-state index in [1.54, 1.807) is 42.3 Å². The third-order valence-corrected chi connectivity index (χ3v) is 6.83. The molecule has 1 fully saturated rings. The fourth-order valence-electron chi connectivity index (χ4n) is 4.82. The fourth-order valence-corrected chi connectivity index (χ4v) is 4.82. The van der Waals surface area contributed by atoms with Crippen LogP contribution in [0.25, 0.3) is 22.4 Å². The van der Waals surface area contributed by atoms with Gasteiger partial charge < -0.3 is 19.9 Å². The van der Waals surface area contributed by atoms with E-state index in [9.17, 15) is 22.8 Å². The van der Waals surface area contributed by atoms with Crippen LogP contribution in [0, 0.1) is 12.8 Å². The number of carbonyl (C=O) groups is 2. The zero-order valence-electron chi connectivity index (χ0n) is 21.7. The number of alkyl carbamates (subject to hydrolysis) is 1. The Kier molecular flexibility index (Phi) is 7.80. The van der Waals surface area contributed by atoms with Crippen molar-refractivity contribution in [1.29, 1.82) is 0 Å². The summed E-state index contributed by atoms with van der Waals surface area (Å²) in [5.41, 5.74) is 2.13. The molecule has 202 valence electrons. The summed E-state index contributed by atoms with van der Waals surface area (Å²) in [4.78, 5) is 34.6. The van der Waals surface area contributed by atoms with Crippen LogP contribution in [0.5, 0.6) is 0 Å². The highest BCUT2D eigenvalue weighted by atomic mass is 19.4. The van der Waals surface area contributed by atoms with Crippen molar-refractivity contribution in [3.63, 3.8) is 0 Å². The van der Waals surface area contributed by atoms with E-state index >= 15 is 0 Å². The van der Waals surface area contributed by atoms with Crippen LogP contribution in [0.4, 0.5) is 18.0 Å². The highest BCUT2D eigenvalue weighted by Gasteiger charge is 2.37. The number of carbonyl (C=O) groups excluding carboxylic acids is 2. The minimum atomic E-state index is -4.45. The Hall–Kier alpha value is -3.82. The molecule has 10 heteroatoms. The van der Waals surface area contributed by atoms with Gasteiger partial charge in [-0.05, 0) is 48.4 Å². The van der Waals surface area contributed by atoms with Gasteiger partial charge in [-0.3, -0.25) is 4.79 Å². The van der Waals surface area contributed by atoms with Crippen LogP contribution < -0.4 is 5.32 Å². The van der Waals surface area contributed by atoms with Gasteiger partial charge in [0.25, 0.3) is 0 Å². The minimum Gasteiger partial charge on any atom is -0.453 e. The highest BCUT2D eigenvalue weighted by molar-refractivity contribution is 5.86. The Morgan fingerprint density at radius 2 is 1.82 bits per heavy atom. The molecule has 2 aromatic carbocycles. The number of aromatic nitrogens is 2. The number of ether oxygens (including phenoxy) is 1. The van der Waals surface area contributed by atoms with Crippen molar-refractivity contribution >= 4 is 12.0 Å². The smallest absolute Gasteiger partial charge is 0.417 e. The van der Waals surface area contributed by atoms with E-state index in [0.29, 0.717) is 30.0 Å². The van der Waals surface area contributed by atoms with E-state index < -0.39 is 23.9 Å². The summed E-state index contributed by atoms with van der Waals surface area (Å²) in [6.07, 6.45) is -1.95. The number of methoxy groups -OCH3 is 1. The molecule has 2 unspecified atom stereocenters. The van der Waals surface area contributed by atoms with E-state index in [1.807, 2.05) is 13.8 Å². The van der Waals surface area contributed by atoms with E-state index in [1.165, 1.54) is 19.2 Å². The number of nitrogens with zero attached hydrogens (tertiary/aromatic N) is 2. The molecule has 7 nitrogen and oxygen atoms in total. The molecule has 0 saturated carbocycles. The zero-order valence-corrected chi connectivity index (χ0v) is 21.7. The van der Waals surface area contributed by atoms with Crippen molar-refractivity contribution in [2.45, 2.75) is 51.9 Å². The molecule has 0 spiro atoms. The Bertz CT molecular complexity index is 1300. The number of hydrogen-bond donors (Lipinski definition) is 2. The maximum Gasteiger partial charge on any atom is 0.417 e. The fraction of sp³-hybridized carbons (Fsp3) is 0.393. The minimum absolute atomic E-state index is 0.134. The molecule has 3 aromatic rings. The molecule has 0 radical (unpaired) electrons. The second-order valence-corrected chi connectivity index (χ2v) is 9.85. The molecular weight excluding hydrogens is 497 g/mol. The SMILES string of the molecule is COC(=O)NC(C(=O)N1CCCC1c1ncc(-c2ccc(-c3cc(C)ccc3C(F)(F)F)cc2)[nH]1)C(C)C. The lowest BCUT2D eigenvalue weighted by atomic mass is 9.96. The molecule has 1 aliphatic heterocycles. The van der Waals surface area contributed by atoms with Crippen LogP contribution in [0.3, 0.4) is 0 Å². The average Bonchev–Trinajstić information content (AvgIpc) is 3.56. The van der Waals surface area contributed by atoms with Crippen LogP contribution in [-0.4, -0.2) is 46.6 Å². The first-order chi connectivity index (χ1) is 18.0. The number of benzene rings is 2. The van der Waals surface area contributed by atoms with Crippen molar-refractivity contribution in [2.24, 2.45) is 5.92 Å². The summed E-state index contributed by atoms with van der Waals surface area (Å²) < 4.78 is 45.3. The summed E-state index contributed by atoms with van der Waals surface area (Å²) in [6.45, 7) is 6.01. The molecule has 2 heterocycles. The van der Waals surface area contributed by atoms with E-state index in [2.05, 4.69) is 20.0 Å². The van der Waals surface area contributed by atoms with E-state index in [-0.39, 0.29) is 23.4 Å². The molecule has 2 amide bonds. The third-order valence-electron chi connectivity index (χ3n) is 6.83. The number of hydrogen-bond acceptors (Lipinski definition) is 4. The summed E-state index contributed by atoms with van der Waals surface area (Å²) >= 11 is 0. The number of amides is 2. The number of aryl methyl sites for hydroxylation is 1. The van der Waals surface area contributed by atoms with Gasteiger partial charge in [0.1, 0.15) is 11.9 Å². The van der Waals surface area contributed by atoms with Crippen molar-refractivity contribution in [3.05, 3.63) is 65.6 Å². The van der Waals surface area contributed by atoms with Crippen LogP contribution in [0.2, 0.25) is 0 Å². The van der Waals surface area contributed by atoms with Crippen LogP contribution >= 0.6 is 0 Å². The number of likely N-dealkylation sites (tertiary alicyclic amines) is 1. The molecule has 0 bridgehead atoms. The number of rotatable bonds is 6. The topological polar surface area (TPSA) is 87.3 Å². The molecular formula is C28H31F3N4O3. The average molecular weight is 529 g/mol. The Morgan fingerprint density at radius 3 is 2.45 bits per heavy atom. The van der Waals surface area contributed by atoms with Gasteiger partial charge in [0.15, 0.2) is 0 Å². The summed E-state index contributed by atoms with van der Waals surface area (Å²) in [5.74, 6) is 0.280. The van der Waals surface area contributed by atoms with Gasteiger partial charge in [-0.2, -0.15) is 13.2 Å². The quantitative estimate of drug-likeness (QED) is 0.404. The third kappa shape index (κ3) is 5.69. The van der Waals surface area contributed by atoms with E-state index in [4.69, 9.17) is 0 Å². The number of nitrogens with one attached hydrogen (secondary N) is 2.